The monoisotopic (exact) mass is 124 g/mol. The van der Waals surface area contributed by atoms with Crippen molar-refractivity contribution in [3.8, 4) is 0 Å². The molecule has 2 nitrogen and oxygen atoms in total. The van der Waals surface area contributed by atoms with Crippen molar-refractivity contribution in [2.45, 2.75) is 0 Å². The average molecular weight is 124 g/mol. The van der Waals surface area contributed by atoms with Gasteiger partial charge in [0.1, 0.15) is 0 Å². The molecule has 2 heteroatoms. The maximum absolute atomic E-state index is 5.36. The second-order valence-corrected chi connectivity index (χ2v) is 1.53. The first-order valence-corrected chi connectivity index (χ1v) is 2.76. The minimum absolute atomic E-state index is 0.543. The Morgan fingerprint density at radius 1 is 1.56 bits per heavy atom. The predicted molar refractivity (Wildman–Crippen MR) is 40.7 cm³/mol. The zero-order valence-corrected chi connectivity index (χ0v) is 5.38. The van der Waals surface area contributed by atoms with Crippen LogP contribution in [0.25, 0.3) is 0 Å². The van der Waals surface area contributed by atoms with Crippen molar-refractivity contribution in [3.05, 3.63) is 36.6 Å². The lowest BCUT2D eigenvalue weighted by Crippen LogP contribution is -1.93. The molecule has 0 fully saturated rings. The molecule has 4 N–H and O–H groups in total. The third-order valence-electron chi connectivity index (χ3n) is 0.797. The summed E-state index contributed by atoms with van der Waals surface area (Å²) < 4.78 is 0. The predicted octanol–water partition coefficient (Wildman–Crippen LogP) is 0.530. The molecular weight excluding hydrogens is 112 g/mol. The fourth-order valence-corrected chi connectivity index (χ4v) is 0.326. The largest absolute Gasteiger partial charge is 0.399 e. The highest BCUT2D eigenvalue weighted by molar-refractivity contribution is 5.18. The Kier molecular flexibility index (Phi) is 4.54. The van der Waals surface area contributed by atoms with Crippen LogP contribution >= 0.6 is 0 Å². The van der Waals surface area contributed by atoms with Gasteiger partial charge in [0.2, 0.25) is 0 Å². The molecule has 0 aliphatic carbocycles. The molecule has 0 aliphatic heterocycles. The number of hydrogen-bond donors (Lipinski definition) is 2. The molecule has 0 bridgehead atoms. The van der Waals surface area contributed by atoms with E-state index < -0.39 is 0 Å². The number of allylic oxidation sites excluding steroid dienone is 3. The molecule has 0 aliphatic rings. The molecule has 0 rings (SSSR count). The third kappa shape index (κ3) is 4.84. The van der Waals surface area contributed by atoms with Gasteiger partial charge in [0.25, 0.3) is 0 Å². The van der Waals surface area contributed by atoms with E-state index in [2.05, 4.69) is 6.58 Å². The van der Waals surface area contributed by atoms with E-state index in [1.54, 1.807) is 18.2 Å². The maximum atomic E-state index is 5.36. The van der Waals surface area contributed by atoms with Gasteiger partial charge < -0.3 is 11.5 Å². The number of hydrogen-bond acceptors (Lipinski definition) is 2. The van der Waals surface area contributed by atoms with Crippen molar-refractivity contribution in [1.29, 1.82) is 0 Å². The molecule has 0 aromatic rings. The van der Waals surface area contributed by atoms with Crippen molar-refractivity contribution in [1.82, 2.24) is 0 Å². The Bertz CT molecular complexity index is 134. The fraction of sp³-hybridized carbons (Fsp3) is 0.143. The zero-order valence-electron chi connectivity index (χ0n) is 5.38. The van der Waals surface area contributed by atoms with E-state index in [0.717, 1.165) is 0 Å². The highest BCUT2D eigenvalue weighted by atomic mass is 14.5. The summed E-state index contributed by atoms with van der Waals surface area (Å²) in [5.41, 5.74) is 11.2. The Balaban J connectivity index is 3.68. The first-order valence-electron chi connectivity index (χ1n) is 2.76. The molecule has 9 heavy (non-hydrogen) atoms. The summed E-state index contributed by atoms with van der Waals surface area (Å²) in [5.74, 6) is 0. The van der Waals surface area contributed by atoms with Crippen LogP contribution < -0.4 is 11.5 Å². The fourth-order valence-electron chi connectivity index (χ4n) is 0.326. The van der Waals surface area contributed by atoms with Crippen molar-refractivity contribution in [3.63, 3.8) is 0 Å². The van der Waals surface area contributed by atoms with Gasteiger partial charge in [-0.3, -0.25) is 0 Å². The van der Waals surface area contributed by atoms with E-state index >= 15 is 0 Å². The van der Waals surface area contributed by atoms with E-state index in [1.165, 1.54) is 0 Å². The van der Waals surface area contributed by atoms with Crippen LogP contribution in [0.5, 0.6) is 0 Å². The first-order chi connectivity index (χ1) is 4.31. The second kappa shape index (κ2) is 5.12. The first kappa shape index (κ1) is 7.98. The van der Waals surface area contributed by atoms with Crippen molar-refractivity contribution < 1.29 is 0 Å². The van der Waals surface area contributed by atoms with Gasteiger partial charge in [-0.25, -0.2) is 0 Å². The van der Waals surface area contributed by atoms with Crippen LogP contribution in [0.4, 0.5) is 0 Å². The van der Waals surface area contributed by atoms with E-state index in [9.17, 15) is 0 Å². The Morgan fingerprint density at radius 3 is 2.67 bits per heavy atom. The van der Waals surface area contributed by atoms with Crippen molar-refractivity contribution in [2.75, 3.05) is 6.54 Å². The van der Waals surface area contributed by atoms with Gasteiger partial charge in [-0.05, 0) is 12.2 Å². The summed E-state index contributed by atoms with van der Waals surface area (Å²) >= 11 is 0. The van der Waals surface area contributed by atoms with Crippen LogP contribution in [-0.4, -0.2) is 6.54 Å². The molecule has 0 saturated heterocycles. The quantitative estimate of drug-likeness (QED) is 0.539. The van der Waals surface area contributed by atoms with Gasteiger partial charge in [0.05, 0.1) is 0 Å². The minimum Gasteiger partial charge on any atom is -0.399 e. The zero-order chi connectivity index (χ0) is 7.11. The standard InChI is InChI=1S/C7H12N2/c1-2-7(9)5-3-4-6-8/h2-5H,1,6,8-9H2/b4-3-,7-5+. The van der Waals surface area contributed by atoms with Gasteiger partial charge in [0, 0.05) is 12.2 Å². The van der Waals surface area contributed by atoms with Gasteiger partial charge >= 0.3 is 0 Å². The maximum Gasteiger partial charge on any atom is 0.0307 e. The normalized spacial score (nSPS) is 12.3. The topological polar surface area (TPSA) is 52.0 Å². The summed E-state index contributed by atoms with van der Waals surface area (Å²) in [4.78, 5) is 0. The molecule has 0 spiro atoms. The molecule has 0 radical (unpaired) electrons. The molecule has 0 heterocycles. The molecule has 50 valence electrons. The van der Waals surface area contributed by atoms with Crippen LogP contribution in [0.15, 0.2) is 36.6 Å². The molecule has 0 amide bonds. The molecule has 0 atom stereocenters. The Morgan fingerprint density at radius 2 is 2.22 bits per heavy atom. The summed E-state index contributed by atoms with van der Waals surface area (Å²) in [5, 5.41) is 0. The van der Waals surface area contributed by atoms with Gasteiger partial charge in [-0.1, -0.05) is 18.7 Å². The molecule has 0 aromatic carbocycles. The van der Waals surface area contributed by atoms with E-state index in [-0.39, 0.29) is 0 Å². The Hall–Kier alpha value is -1.02. The van der Waals surface area contributed by atoms with Gasteiger partial charge in [0.15, 0.2) is 0 Å². The van der Waals surface area contributed by atoms with Crippen molar-refractivity contribution >= 4 is 0 Å². The Labute approximate surface area is 55.5 Å². The van der Waals surface area contributed by atoms with Crippen LogP contribution in [0.2, 0.25) is 0 Å². The van der Waals surface area contributed by atoms with E-state index in [4.69, 9.17) is 11.5 Å². The van der Waals surface area contributed by atoms with Crippen LogP contribution in [0, 0.1) is 0 Å². The second-order valence-electron chi connectivity index (χ2n) is 1.53. The summed E-state index contributed by atoms with van der Waals surface area (Å²) in [6, 6.07) is 0. The smallest absolute Gasteiger partial charge is 0.0307 e. The van der Waals surface area contributed by atoms with E-state index in [1.807, 2.05) is 6.08 Å². The number of rotatable bonds is 3. The van der Waals surface area contributed by atoms with Crippen molar-refractivity contribution in [2.24, 2.45) is 11.5 Å². The summed E-state index contributed by atoms with van der Waals surface area (Å²) in [6.07, 6.45) is 6.95. The molecular formula is C7H12N2. The van der Waals surface area contributed by atoms with Gasteiger partial charge in [-0.2, -0.15) is 0 Å². The molecule has 0 unspecified atom stereocenters. The third-order valence-corrected chi connectivity index (χ3v) is 0.797. The highest BCUT2D eigenvalue weighted by Gasteiger charge is 1.71. The van der Waals surface area contributed by atoms with Gasteiger partial charge in [-0.15, -0.1) is 0 Å². The SMILES string of the molecule is C=C/C(N)=C\C=C/CN. The summed E-state index contributed by atoms with van der Waals surface area (Å²) in [6.45, 7) is 4.02. The minimum atomic E-state index is 0.543. The molecule has 0 aromatic heterocycles. The number of nitrogens with two attached hydrogens (primary N) is 2. The van der Waals surface area contributed by atoms with Crippen LogP contribution in [0.3, 0.4) is 0 Å². The lowest BCUT2D eigenvalue weighted by molar-refractivity contribution is 1.25. The van der Waals surface area contributed by atoms with Crippen LogP contribution in [0.1, 0.15) is 0 Å². The lowest BCUT2D eigenvalue weighted by Gasteiger charge is -1.84. The highest BCUT2D eigenvalue weighted by Crippen LogP contribution is 1.83. The molecule has 0 saturated carbocycles. The van der Waals surface area contributed by atoms with Crippen LogP contribution in [-0.2, 0) is 0 Å². The lowest BCUT2D eigenvalue weighted by atomic mass is 10.4. The van der Waals surface area contributed by atoms with E-state index in [0.29, 0.717) is 12.2 Å². The average Bonchev–Trinajstić information content (AvgIpc) is 1.89. The summed E-state index contributed by atoms with van der Waals surface area (Å²) in [7, 11) is 0.